The van der Waals surface area contributed by atoms with Crippen LogP contribution >= 0.6 is 0 Å². The lowest BCUT2D eigenvalue weighted by molar-refractivity contribution is 0.135. The summed E-state index contributed by atoms with van der Waals surface area (Å²) in [5.41, 5.74) is 1.09. The molecule has 0 unspecified atom stereocenters. The van der Waals surface area contributed by atoms with E-state index >= 15 is 0 Å². The Balaban J connectivity index is 2.00. The minimum atomic E-state index is -2.81. The zero-order valence-corrected chi connectivity index (χ0v) is 22.2. The van der Waals surface area contributed by atoms with Crippen LogP contribution in [0.5, 0.6) is 0 Å². The van der Waals surface area contributed by atoms with Crippen molar-refractivity contribution in [3.63, 3.8) is 0 Å². The Labute approximate surface area is 207 Å². The van der Waals surface area contributed by atoms with E-state index in [2.05, 4.69) is 51.6 Å². The van der Waals surface area contributed by atoms with Crippen LogP contribution in [0.25, 0.3) is 0 Å². The maximum atomic E-state index is 13.3. The highest BCUT2D eigenvalue weighted by molar-refractivity contribution is 7.89. The molecule has 0 amide bonds. The van der Waals surface area contributed by atoms with Crippen molar-refractivity contribution in [1.29, 1.82) is 0 Å². The first-order valence-electron chi connectivity index (χ1n) is 11.4. The largest absolute Gasteiger partial charge is 0.404 e. The molecule has 0 aromatic heterocycles. The molecule has 0 radical (unpaired) electrons. The van der Waals surface area contributed by atoms with Gasteiger partial charge in [-0.05, 0) is 40.5 Å². The molecular formula is C29H34O3SSi. The molecule has 0 saturated carbocycles. The van der Waals surface area contributed by atoms with Crippen LogP contribution in [-0.4, -0.2) is 30.3 Å². The van der Waals surface area contributed by atoms with E-state index in [1.165, 1.54) is 0 Å². The van der Waals surface area contributed by atoms with E-state index in [1.807, 2.05) is 67.6 Å². The molecule has 0 bridgehead atoms. The van der Waals surface area contributed by atoms with E-state index in [4.69, 9.17) is 4.43 Å². The summed E-state index contributed by atoms with van der Waals surface area (Å²) in [6.45, 7) is 12.4. The second-order valence-electron chi connectivity index (χ2n) is 9.38. The number of aliphatic hydroxyl groups is 1. The average molecular weight is 491 g/mol. The molecule has 3 aromatic carbocycles. The molecule has 0 fully saturated rings. The molecule has 0 aliphatic carbocycles. The van der Waals surface area contributed by atoms with Gasteiger partial charge in [-0.15, -0.1) is 0 Å². The van der Waals surface area contributed by atoms with Crippen LogP contribution < -0.4 is 10.4 Å². The fourth-order valence-corrected chi connectivity index (χ4v) is 10.0. The number of hydrogen-bond donors (Lipinski definition) is 1. The van der Waals surface area contributed by atoms with Crippen molar-refractivity contribution < 1.29 is 13.7 Å². The summed E-state index contributed by atoms with van der Waals surface area (Å²) in [6, 6.07) is 28.1. The maximum Gasteiger partial charge on any atom is 0.261 e. The van der Waals surface area contributed by atoms with Crippen molar-refractivity contribution in [3.8, 4) is 0 Å². The summed E-state index contributed by atoms with van der Waals surface area (Å²) in [7, 11) is -4.34. The second kappa shape index (κ2) is 11.2. The van der Waals surface area contributed by atoms with Crippen LogP contribution in [0, 0.1) is 6.92 Å². The molecule has 1 N–H and O–H groups in total. The Morgan fingerprint density at radius 1 is 0.971 bits per heavy atom. The SMILES string of the molecule is C=C/C=C(\[C@@H](O)CO[Si](c1ccccc1)(c1ccccc1)C(C)(C)C)[S@@](=O)c1ccc(C)cc1. The number of aryl methyl sites for hydroxylation is 1. The number of aliphatic hydroxyl groups excluding tert-OH is 1. The first kappa shape index (κ1) is 26.0. The highest BCUT2D eigenvalue weighted by Crippen LogP contribution is 2.37. The molecule has 0 spiro atoms. The van der Waals surface area contributed by atoms with Gasteiger partial charge in [-0.3, -0.25) is 0 Å². The molecule has 0 aliphatic rings. The van der Waals surface area contributed by atoms with E-state index in [1.54, 1.807) is 12.2 Å². The zero-order valence-electron chi connectivity index (χ0n) is 20.4. The number of rotatable bonds is 9. The minimum absolute atomic E-state index is 0.0323. The van der Waals surface area contributed by atoms with E-state index < -0.39 is 25.2 Å². The van der Waals surface area contributed by atoms with Crippen LogP contribution in [0.1, 0.15) is 26.3 Å². The van der Waals surface area contributed by atoms with Crippen molar-refractivity contribution in [1.82, 2.24) is 0 Å². The first-order valence-corrected chi connectivity index (χ1v) is 14.5. The van der Waals surface area contributed by atoms with Gasteiger partial charge in [-0.1, -0.05) is 112 Å². The van der Waals surface area contributed by atoms with Crippen LogP contribution in [0.15, 0.2) is 113 Å². The molecule has 3 nitrogen and oxygen atoms in total. The maximum absolute atomic E-state index is 13.3. The Hall–Kier alpha value is -2.57. The van der Waals surface area contributed by atoms with Gasteiger partial charge in [0.15, 0.2) is 0 Å². The predicted octanol–water partition coefficient (Wildman–Crippen LogP) is 5.11. The van der Waals surface area contributed by atoms with Gasteiger partial charge in [-0.2, -0.15) is 0 Å². The van der Waals surface area contributed by atoms with Gasteiger partial charge in [0.1, 0.15) is 6.10 Å². The third-order valence-electron chi connectivity index (χ3n) is 5.93. The van der Waals surface area contributed by atoms with Crippen molar-refractivity contribution in [2.24, 2.45) is 0 Å². The zero-order chi connectivity index (χ0) is 24.8. The Morgan fingerprint density at radius 3 is 1.91 bits per heavy atom. The van der Waals surface area contributed by atoms with Crippen molar-refractivity contribution in [2.75, 3.05) is 6.61 Å². The van der Waals surface area contributed by atoms with Gasteiger partial charge in [0.2, 0.25) is 0 Å². The van der Waals surface area contributed by atoms with Gasteiger partial charge in [0.25, 0.3) is 8.32 Å². The Kier molecular flexibility index (Phi) is 8.60. The quantitative estimate of drug-likeness (QED) is 0.335. The highest BCUT2D eigenvalue weighted by Gasteiger charge is 2.50. The number of allylic oxidation sites excluding steroid dienone is 2. The van der Waals surface area contributed by atoms with Gasteiger partial charge in [0.05, 0.1) is 22.3 Å². The van der Waals surface area contributed by atoms with Gasteiger partial charge in [0, 0.05) is 4.90 Å². The summed E-state index contributed by atoms with van der Waals surface area (Å²) >= 11 is 0. The monoisotopic (exact) mass is 490 g/mol. The first-order chi connectivity index (χ1) is 16.2. The molecule has 2 atom stereocenters. The lowest BCUT2D eigenvalue weighted by atomic mass is 10.2. The van der Waals surface area contributed by atoms with Crippen molar-refractivity contribution >= 4 is 29.5 Å². The minimum Gasteiger partial charge on any atom is -0.404 e. The molecule has 5 heteroatoms. The molecule has 178 valence electrons. The van der Waals surface area contributed by atoms with E-state index in [0.29, 0.717) is 9.80 Å². The Morgan fingerprint density at radius 2 is 1.47 bits per heavy atom. The summed E-state index contributed by atoms with van der Waals surface area (Å²) in [6.07, 6.45) is 2.16. The fraction of sp³-hybridized carbons (Fsp3) is 0.241. The fourth-order valence-electron chi connectivity index (χ4n) is 4.26. The summed E-state index contributed by atoms with van der Waals surface area (Å²) in [4.78, 5) is 1.03. The third kappa shape index (κ3) is 5.56. The summed E-state index contributed by atoms with van der Waals surface area (Å²) < 4.78 is 20.2. The molecule has 3 aromatic rings. The Bertz CT molecular complexity index is 1090. The molecular weight excluding hydrogens is 456 g/mol. The van der Waals surface area contributed by atoms with Gasteiger partial charge >= 0.3 is 0 Å². The normalized spacial score (nSPS) is 14.4. The van der Waals surface area contributed by atoms with Crippen LogP contribution in [0.4, 0.5) is 0 Å². The molecule has 0 heterocycles. The smallest absolute Gasteiger partial charge is 0.261 e. The highest BCUT2D eigenvalue weighted by atomic mass is 32.2. The number of hydrogen-bond acceptors (Lipinski definition) is 3. The second-order valence-corrected chi connectivity index (χ2v) is 15.2. The molecule has 3 rings (SSSR count). The lowest BCUT2D eigenvalue weighted by Gasteiger charge is -2.43. The summed E-state index contributed by atoms with van der Waals surface area (Å²) in [5.74, 6) is 0. The molecule has 34 heavy (non-hydrogen) atoms. The molecule has 0 saturated heterocycles. The third-order valence-corrected chi connectivity index (χ3v) is 12.5. The van der Waals surface area contributed by atoms with Gasteiger partial charge in [-0.25, -0.2) is 4.21 Å². The van der Waals surface area contributed by atoms with Crippen LogP contribution in [0.2, 0.25) is 5.04 Å². The number of benzene rings is 3. The summed E-state index contributed by atoms with van der Waals surface area (Å²) in [5, 5.41) is 13.3. The topological polar surface area (TPSA) is 46.5 Å². The van der Waals surface area contributed by atoms with Crippen LogP contribution in [0.3, 0.4) is 0 Å². The standard InChI is InChI=1S/C29H34O3SSi/c1-6-13-28(33(31)24-20-18-23(2)19-21-24)27(30)22-32-34(29(3,4)5,25-14-9-7-10-15-25)26-16-11-8-12-17-26/h6-21,27,30H,1,22H2,2-5H3/b28-13+/t27-,33-/m0/s1. The van der Waals surface area contributed by atoms with E-state index in [0.717, 1.165) is 15.9 Å². The van der Waals surface area contributed by atoms with Gasteiger partial charge < -0.3 is 9.53 Å². The van der Waals surface area contributed by atoms with E-state index in [9.17, 15) is 9.32 Å². The van der Waals surface area contributed by atoms with Crippen molar-refractivity contribution in [3.05, 3.63) is 114 Å². The predicted molar refractivity (Wildman–Crippen MR) is 145 cm³/mol. The van der Waals surface area contributed by atoms with Crippen LogP contribution in [-0.2, 0) is 15.2 Å². The molecule has 0 aliphatic heterocycles. The van der Waals surface area contributed by atoms with E-state index in [-0.39, 0.29) is 11.6 Å². The van der Waals surface area contributed by atoms with Crippen molar-refractivity contribution in [2.45, 2.75) is 43.7 Å². The average Bonchev–Trinajstić information content (AvgIpc) is 2.83. The lowest BCUT2D eigenvalue weighted by Crippen LogP contribution is -2.67.